The summed E-state index contributed by atoms with van der Waals surface area (Å²) in [5, 5.41) is 4.21. The molecule has 0 amide bonds. The first-order chi connectivity index (χ1) is 8.79. The van der Waals surface area contributed by atoms with E-state index in [1.165, 1.54) is 16.7 Å². The Bertz CT molecular complexity index is 547. The number of nitrogens with one attached hydrogen (secondary N) is 1. The number of benzene rings is 2. The van der Waals surface area contributed by atoms with E-state index in [0.717, 1.165) is 11.4 Å². The summed E-state index contributed by atoms with van der Waals surface area (Å²) >= 11 is 5.96. The SMILES string of the molecule is CN[C@@H]1C[C@@H](c2ccc(Cl)cc2)c2ccccc21. The number of rotatable bonds is 2. The van der Waals surface area contributed by atoms with Crippen LogP contribution >= 0.6 is 11.6 Å². The van der Waals surface area contributed by atoms with Crippen LogP contribution in [-0.2, 0) is 0 Å². The summed E-state index contributed by atoms with van der Waals surface area (Å²) in [5.74, 6) is 0.482. The summed E-state index contributed by atoms with van der Waals surface area (Å²) in [6.45, 7) is 0. The van der Waals surface area contributed by atoms with Crippen LogP contribution in [0, 0.1) is 0 Å². The van der Waals surface area contributed by atoms with Crippen molar-refractivity contribution in [1.82, 2.24) is 5.32 Å². The van der Waals surface area contributed by atoms with Crippen LogP contribution in [-0.4, -0.2) is 7.05 Å². The highest BCUT2D eigenvalue weighted by Crippen LogP contribution is 2.43. The number of fused-ring (bicyclic) bond motifs is 1. The van der Waals surface area contributed by atoms with Gasteiger partial charge in [0.1, 0.15) is 0 Å². The quantitative estimate of drug-likeness (QED) is 0.853. The van der Waals surface area contributed by atoms with Gasteiger partial charge in [0.2, 0.25) is 0 Å². The van der Waals surface area contributed by atoms with E-state index in [2.05, 4.69) is 41.7 Å². The normalized spacial score (nSPS) is 21.9. The summed E-state index contributed by atoms with van der Waals surface area (Å²) in [7, 11) is 2.03. The highest BCUT2D eigenvalue weighted by atomic mass is 35.5. The van der Waals surface area contributed by atoms with E-state index < -0.39 is 0 Å². The van der Waals surface area contributed by atoms with Gasteiger partial charge in [0.05, 0.1) is 0 Å². The number of halogens is 1. The molecule has 2 heteroatoms. The number of hydrogen-bond donors (Lipinski definition) is 1. The minimum absolute atomic E-state index is 0.460. The molecule has 0 aliphatic heterocycles. The van der Waals surface area contributed by atoms with Crippen molar-refractivity contribution in [2.45, 2.75) is 18.4 Å². The van der Waals surface area contributed by atoms with E-state index >= 15 is 0 Å². The Morgan fingerprint density at radius 3 is 2.33 bits per heavy atom. The minimum atomic E-state index is 0.460. The molecule has 0 radical (unpaired) electrons. The third-order valence-electron chi connectivity index (χ3n) is 3.84. The molecule has 18 heavy (non-hydrogen) atoms. The van der Waals surface area contributed by atoms with Gasteiger partial charge in [-0.3, -0.25) is 0 Å². The first-order valence-electron chi connectivity index (χ1n) is 6.31. The molecule has 92 valence electrons. The molecule has 1 nitrogen and oxygen atoms in total. The second kappa shape index (κ2) is 4.75. The highest BCUT2D eigenvalue weighted by Gasteiger charge is 2.30. The van der Waals surface area contributed by atoms with Crippen molar-refractivity contribution >= 4 is 11.6 Å². The second-order valence-electron chi connectivity index (χ2n) is 4.81. The molecule has 3 rings (SSSR count). The fourth-order valence-corrected chi connectivity index (χ4v) is 3.05. The molecule has 1 aliphatic carbocycles. The van der Waals surface area contributed by atoms with Gasteiger partial charge in [-0.2, -0.15) is 0 Å². The molecular weight excluding hydrogens is 242 g/mol. The van der Waals surface area contributed by atoms with E-state index in [1.807, 2.05) is 19.2 Å². The Labute approximate surface area is 113 Å². The van der Waals surface area contributed by atoms with Crippen molar-refractivity contribution in [2.75, 3.05) is 7.05 Å². The molecule has 0 heterocycles. The summed E-state index contributed by atoms with van der Waals surface area (Å²) in [5.41, 5.74) is 4.23. The average Bonchev–Trinajstić information content (AvgIpc) is 2.79. The van der Waals surface area contributed by atoms with Crippen LogP contribution in [0.15, 0.2) is 48.5 Å². The molecule has 2 aromatic carbocycles. The zero-order chi connectivity index (χ0) is 12.5. The lowest BCUT2D eigenvalue weighted by molar-refractivity contribution is 0.564. The zero-order valence-electron chi connectivity index (χ0n) is 10.4. The van der Waals surface area contributed by atoms with Crippen LogP contribution in [0.5, 0.6) is 0 Å². The maximum atomic E-state index is 5.96. The van der Waals surface area contributed by atoms with E-state index in [9.17, 15) is 0 Å². The summed E-state index contributed by atoms with van der Waals surface area (Å²) in [4.78, 5) is 0. The predicted molar refractivity (Wildman–Crippen MR) is 76.2 cm³/mol. The van der Waals surface area contributed by atoms with Crippen molar-refractivity contribution in [3.05, 3.63) is 70.2 Å². The maximum absolute atomic E-state index is 5.96. The third kappa shape index (κ3) is 1.94. The molecule has 2 aromatic rings. The zero-order valence-corrected chi connectivity index (χ0v) is 11.1. The standard InChI is InChI=1S/C16H16ClN/c1-18-16-10-15(11-6-8-12(17)9-7-11)13-4-2-3-5-14(13)16/h2-9,15-16,18H,10H2,1H3/t15-,16+/m0/s1. The first-order valence-corrected chi connectivity index (χ1v) is 6.69. The van der Waals surface area contributed by atoms with Gasteiger partial charge in [-0.1, -0.05) is 48.0 Å². The van der Waals surface area contributed by atoms with Gasteiger partial charge in [0.25, 0.3) is 0 Å². The molecule has 0 saturated carbocycles. The molecule has 0 aromatic heterocycles. The van der Waals surface area contributed by atoms with Gasteiger partial charge in [-0.15, -0.1) is 0 Å². The van der Waals surface area contributed by atoms with Crippen molar-refractivity contribution in [3.63, 3.8) is 0 Å². The fraction of sp³-hybridized carbons (Fsp3) is 0.250. The van der Waals surface area contributed by atoms with Gasteiger partial charge in [0, 0.05) is 17.0 Å². The Balaban J connectivity index is 2.02. The third-order valence-corrected chi connectivity index (χ3v) is 4.09. The minimum Gasteiger partial charge on any atom is -0.313 e. The Hall–Kier alpha value is -1.31. The lowest BCUT2D eigenvalue weighted by Crippen LogP contribution is -2.13. The van der Waals surface area contributed by atoms with Gasteiger partial charge in [0.15, 0.2) is 0 Å². The molecule has 1 N–H and O–H groups in total. The monoisotopic (exact) mass is 257 g/mol. The Morgan fingerprint density at radius 1 is 1.00 bits per heavy atom. The average molecular weight is 258 g/mol. The molecule has 0 spiro atoms. The predicted octanol–water partition coefficient (Wildman–Crippen LogP) is 4.14. The van der Waals surface area contributed by atoms with E-state index in [4.69, 9.17) is 11.6 Å². The van der Waals surface area contributed by atoms with Crippen LogP contribution in [0.25, 0.3) is 0 Å². The largest absolute Gasteiger partial charge is 0.313 e. The molecule has 0 bridgehead atoms. The fourth-order valence-electron chi connectivity index (χ4n) is 2.92. The van der Waals surface area contributed by atoms with Crippen LogP contribution in [0.3, 0.4) is 0 Å². The smallest absolute Gasteiger partial charge is 0.0406 e. The first kappa shape index (κ1) is 11.8. The summed E-state index contributed by atoms with van der Waals surface area (Å²) in [6.07, 6.45) is 1.12. The molecule has 1 aliphatic rings. The Morgan fingerprint density at radius 2 is 1.67 bits per heavy atom. The van der Waals surface area contributed by atoms with Crippen molar-refractivity contribution in [3.8, 4) is 0 Å². The van der Waals surface area contributed by atoms with Gasteiger partial charge in [-0.25, -0.2) is 0 Å². The number of hydrogen-bond acceptors (Lipinski definition) is 1. The van der Waals surface area contributed by atoms with Gasteiger partial charge >= 0.3 is 0 Å². The van der Waals surface area contributed by atoms with Crippen LogP contribution in [0.2, 0.25) is 5.02 Å². The summed E-state index contributed by atoms with van der Waals surface area (Å²) in [6, 6.07) is 17.4. The van der Waals surface area contributed by atoms with Crippen LogP contribution < -0.4 is 5.32 Å². The van der Waals surface area contributed by atoms with E-state index in [0.29, 0.717) is 12.0 Å². The molecule has 0 fully saturated rings. The lowest BCUT2D eigenvalue weighted by Gasteiger charge is -2.12. The molecular formula is C16H16ClN. The molecule has 0 unspecified atom stereocenters. The molecule has 0 saturated heterocycles. The van der Waals surface area contributed by atoms with Crippen LogP contribution in [0.4, 0.5) is 0 Å². The van der Waals surface area contributed by atoms with Gasteiger partial charge in [-0.05, 0) is 42.3 Å². The molecule has 2 atom stereocenters. The van der Waals surface area contributed by atoms with E-state index in [-0.39, 0.29) is 0 Å². The lowest BCUT2D eigenvalue weighted by atomic mass is 9.93. The van der Waals surface area contributed by atoms with Crippen molar-refractivity contribution in [2.24, 2.45) is 0 Å². The maximum Gasteiger partial charge on any atom is 0.0406 e. The second-order valence-corrected chi connectivity index (χ2v) is 5.25. The van der Waals surface area contributed by atoms with Gasteiger partial charge < -0.3 is 5.32 Å². The van der Waals surface area contributed by atoms with Crippen LogP contribution in [0.1, 0.15) is 35.1 Å². The van der Waals surface area contributed by atoms with Crippen molar-refractivity contribution < 1.29 is 0 Å². The van der Waals surface area contributed by atoms with E-state index in [1.54, 1.807) is 0 Å². The highest BCUT2D eigenvalue weighted by molar-refractivity contribution is 6.30. The van der Waals surface area contributed by atoms with Crippen molar-refractivity contribution in [1.29, 1.82) is 0 Å². The summed E-state index contributed by atoms with van der Waals surface area (Å²) < 4.78 is 0. The Kier molecular flexibility index (Phi) is 3.11. The topological polar surface area (TPSA) is 12.0 Å².